The smallest absolute Gasteiger partial charge is 0.403 e. The summed E-state index contributed by atoms with van der Waals surface area (Å²) in [6.45, 7) is 2.82. The van der Waals surface area contributed by atoms with Crippen molar-refractivity contribution in [3.8, 4) is 0 Å². The maximum Gasteiger partial charge on any atom is 0.403 e. The van der Waals surface area contributed by atoms with E-state index in [2.05, 4.69) is 11.3 Å². The number of halogens is 2. The summed E-state index contributed by atoms with van der Waals surface area (Å²) in [7, 11) is -7.94. The highest BCUT2D eigenvalue weighted by Crippen LogP contribution is 2.71. The summed E-state index contributed by atoms with van der Waals surface area (Å²) in [6.07, 6.45) is -0.0678. The van der Waals surface area contributed by atoms with Crippen molar-refractivity contribution in [1.82, 2.24) is 0 Å². The highest BCUT2D eigenvalue weighted by molar-refractivity contribution is 8.33. The first-order valence-corrected chi connectivity index (χ1v) is 15.6. The van der Waals surface area contributed by atoms with Gasteiger partial charge in [-0.25, -0.2) is 8.42 Å². The van der Waals surface area contributed by atoms with E-state index in [1.165, 1.54) is 14.0 Å². The lowest BCUT2D eigenvalue weighted by atomic mass is 10.0. The Bertz CT molecular complexity index is 1690. The maximum absolute atomic E-state index is 15.4. The molecular weight excluding hydrogens is 586 g/mol. The summed E-state index contributed by atoms with van der Waals surface area (Å²) >= 11 is 0. The highest BCUT2D eigenvalue weighted by Gasteiger charge is 2.53. The van der Waals surface area contributed by atoms with E-state index >= 15 is 8.78 Å². The monoisotopic (exact) mass is 614 g/mol. The number of benzene rings is 4. The van der Waals surface area contributed by atoms with Crippen LogP contribution in [0.2, 0.25) is 0 Å². The summed E-state index contributed by atoms with van der Waals surface area (Å²) in [4.78, 5) is 24.9. The molecule has 0 aromatic heterocycles. The van der Waals surface area contributed by atoms with E-state index in [9.17, 15) is 18.0 Å². The van der Waals surface area contributed by atoms with Crippen molar-refractivity contribution in [3.63, 3.8) is 0 Å². The fourth-order valence-electron chi connectivity index (χ4n) is 4.22. The highest BCUT2D eigenvalue weighted by atomic mass is 32.3. The summed E-state index contributed by atoms with van der Waals surface area (Å²) in [5, 5.41) is -3.53. The third-order valence-electron chi connectivity index (χ3n) is 6.27. The van der Waals surface area contributed by atoms with Gasteiger partial charge >= 0.3 is 27.3 Å². The van der Waals surface area contributed by atoms with Gasteiger partial charge in [-0.1, -0.05) is 73.3 Å². The predicted molar refractivity (Wildman–Crippen MR) is 156 cm³/mol. The molecule has 0 saturated carbocycles. The molecule has 0 bridgehead atoms. The number of carbonyl (C=O) groups excluding carboxylic acids is 2. The molecule has 0 amide bonds. The van der Waals surface area contributed by atoms with E-state index in [-0.39, 0.29) is 12.0 Å². The third kappa shape index (κ3) is 6.08. The third-order valence-corrected chi connectivity index (χ3v) is 11.5. The molecule has 0 heterocycles. The van der Waals surface area contributed by atoms with Crippen molar-refractivity contribution in [2.45, 2.75) is 33.3 Å². The average molecular weight is 615 g/mol. The van der Waals surface area contributed by atoms with Crippen molar-refractivity contribution < 1.29 is 39.9 Å². The summed E-state index contributed by atoms with van der Waals surface area (Å²) in [6, 6.07) is 26.6. The Morgan fingerprint density at radius 1 is 0.810 bits per heavy atom. The van der Waals surface area contributed by atoms with Gasteiger partial charge in [0.05, 0.1) is 13.5 Å². The molecule has 0 aliphatic heterocycles. The number of hydrogen-bond acceptors (Lipinski definition) is 7. The minimum Gasteiger partial charge on any atom is -0.469 e. The van der Waals surface area contributed by atoms with Gasteiger partial charge in [-0.3, -0.25) is 4.79 Å². The molecule has 4 aromatic rings. The molecule has 4 aromatic carbocycles. The van der Waals surface area contributed by atoms with Crippen LogP contribution in [0.15, 0.2) is 124 Å². The number of methoxy groups -OCH3 is 1. The van der Waals surface area contributed by atoms with E-state index in [1.54, 1.807) is 97.1 Å². The van der Waals surface area contributed by atoms with E-state index in [4.69, 9.17) is 8.37 Å². The van der Waals surface area contributed by atoms with Gasteiger partial charge in [0.15, 0.2) is 6.61 Å². The molecule has 11 heteroatoms. The van der Waals surface area contributed by atoms with Crippen molar-refractivity contribution in [2.24, 2.45) is 0 Å². The van der Waals surface area contributed by atoms with Gasteiger partial charge in [-0.15, -0.1) is 0 Å². The van der Waals surface area contributed by atoms with Crippen molar-refractivity contribution >= 4 is 43.1 Å². The Morgan fingerprint density at radius 2 is 1.33 bits per heavy atom. The molecule has 220 valence electrons. The first-order chi connectivity index (χ1) is 19.9. The van der Waals surface area contributed by atoms with Crippen LogP contribution in [-0.2, 0) is 39.2 Å². The van der Waals surface area contributed by atoms with E-state index in [1.807, 2.05) is 0 Å². The number of esters is 2. The first kappa shape index (κ1) is 30.9. The SMILES string of the molecule is C=C(C)C(=O)OCC(F)(F)S(=O)(=O)OS(c1ccccc1)(c1ccccc1)c1ccc(CC(=O)OC)c2ccccc12. The Kier molecular flexibility index (Phi) is 9.15. The topological polar surface area (TPSA) is 96.0 Å². The molecular formula is C31H28F2O7S2. The van der Waals surface area contributed by atoms with Crippen LogP contribution in [0.3, 0.4) is 0 Å². The molecule has 0 N–H and O–H groups in total. The van der Waals surface area contributed by atoms with Crippen LogP contribution in [0.4, 0.5) is 8.78 Å². The van der Waals surface area contributed by atoms with Gasteiger partial charge in [-0.2, -0.15) is 17.2 Å². The number of ether oxygens (including phenoxy) is 2. The van der Waals surface area contributed by atoms with Gasteiger partial charge in [-0.05, 0) is 63.9 Å². The maximum atomic E-state index is 15.4. The minimum absolute atomic E-state index is 0.0678. The molecule has 0 aliphatic carbocycles. The van der Waals surface area contributed by atoms with Gasteiger partial charge in [0.25, 0.3) is 0 Å². The molecule has 0 aliphatic rings. The fourth-order valence-corrected chi connectivity index (χ4v) is 9.43. The largest absolute Gasteiger partial charge is 0.469 e. The second kappa shape index (κ2) is 12.4. The standard InChI is InChI=1S/C31H28F2O7S2/c1-22(2)30(35)39-21-31(32,33)42(36,37)40-41(24-12-6-4-7-13-24,25-14-8-5-9-15-25)28-19-18-23(20-29(34)38-3)26-16-10-11-17-27(26)28/h4-19H,1,20-21H2,2-3H3. The van der Waals surface area contributed by atoms with Gasteiger partial charge < -0.3 is 9.47 Å². The number of fused-ring (bicyclic) bond motifs is 1. The molecule has 42 heavy (non-hydrogen) atoms. The second-order valence-corrected chi connectivity index (χ2v) is 13.8. The molecule has 0 radical (unpaired) electrons. The van der Waals surface area contributed by atoms with Crippen LogP contribution < -0.4 is 0 Å². The zero-order valence-corrected chi connectivity index (χ0v) is 24.4. The number of hydrogen-bond donors (Lipinski definition) is 0. The Labute approximate surface area is 244 Å². The fraction of sp³-hybridized carbons (Fsp3) is 0.161. The van der Waals surface area contributed by atoms with Crippen molar-refractivity contribution in [1.29, 1.82) is 0 Å². The molecule has 7 nitrogen and oxygen atoms in total. The zero-order chi connectivity index (χ0) is 30.5. The van der Waals surface area contributed by atoms with Gasteiger partial charge in [0, 0.05) is 20.3 Å². The van der Waals surface area contributed by atoms with Crippen molar-refractivity contribution in [2.75, 3.05) is 13.7 Å². The first-order valence-electron chi connectivity index (χ1n) is 12.6. The molecule has 0 fully saturated rings. The van der Waals surface area contributed by atoms with Crippen molar-refractivity contribution in [3.05, 3.63) is 115 Å². The number of carbonyl (C=O) groups is 2. The molecule has 0 atom stereocenters. The van der Waals surface area contributed by atoms with Crippen LogP contribution in [0.25, 0.3) is 10.8 Å². The summed E-state index contributed by atoms with van der Waals surface area (Å²) in [5.74, 6) is -1.65. The number of alkyl halides is 2. The molecule has 0 unspecified atom stereocenters. The van der Waals surface area contributed by atoms with E-state index < -0.39 is 44.2 Å². The van der Waals surface area contributed by atoms with E-state index in [0.29, 0.717) is 31.0 Å². The molecule has 0 saturated heterocycles. The lowest BCUT2D eigenvalue weighted by Gasteiger charge is -2.41. The average Bonchev–Trinajstić information content (AvgIpc) is 2.99. The van der Waals surface area contributed by atoms with Crippen LogP contribution >= 0.6 is 10.3 Å². The zero-order valence-electron chi connectivity index (χ0n) is 22.8. The lowest BCUT2D eigenvalue weighted by Crippen LogP contribution is -2.37. The van der Waals surface area contributed by atoms with E-state index in [0.717, 1.165) is 0 Å². The Morgan fingerprint density at radius 3 is 1.86 bits per heavy atom. The van der Waals surface area contributed by atoms with Crippen LogP contribution in [0, 0.1) is 0 Å². The quantitative estimate of drug-likeness (QED) is 0.135. The summed E-state index contributed by atoms with van der Waals surface area (Å²) in [5.41, 5.74) is 0.423. The molecule has 0 spiro atoms. The summed E-state index contributed by atoms with van der Waals surface area (Å²) < 4.78 is 73.0. The number of rotatable bonds is 11. The van der Waals surface area contributed by atoms with Crippen LogP contribution in [-0.4, -0.2) is 39.3 Å². The second-order valence-electron chi connectivity index (χ2n) is 9.22. The lowest BCUT2D eigenvalue weighted by molar-refractivity contribution is -0.144. The van der Waals surface area contributed by atoms with Crippen LogP contribution in [0.5, 0.6) is 0 Å². The normalized spacial score (nSPS) is 12.5. The Hall–Kier alpha value is -4.06. The van der Waals surface area contributed by atoms with Gasteiger partial charge in [0.2, 0.25) is 0 Å². The molecule has 4 rings (SSSR count). The minimum atomic E-state index is -5.76. The van der Waals surface area contributed by atoms with Gasteiger partial charge in [0.1, 0.15) is 0 Å². The Balaban J connectivity index is 2.02. The van der Waals surface area contributed by atoms with Crippen LogP contribution in [0.1, 0.15) is 12.5 Å². The predicted octanol–water partition coefficient (Wildman–Crippen LogP) is 6.81.